The van der Waals surface area contributed by atoms with Crippen molar-refractivity contribution in [3.63, 3.8) is 0 Å². The van der Waals surface area contributed by atoms with Crippen molar-refractivity contribution in [3.8, 4) is 0 Å². The van der Waals surface area contributed by atoms with Gasteiger partial charge in [0, 0.05) is 11.8 Å². The molecule has 0 amide bonds. The topological polar surface area (TPSA) is 26.0 Å². The van der Waals surface area contributed by atoms with E-state index in [4.69, 9.17) is 5.73 Å². The molecule has 1 nitrogen and oxygen atoms in total. The number of hydrogen-bond acceptors (Lipinski definition) is 2. The number of hydrogen-bond donors (Lipinski definition) is 2. The number of nitrogens with two attached hydrogens (primary N) is 1. The lowest BCUT2D eigenvalue weighted by atomic mass is 10.1. The molecule has 0 bridgehead atoms. The van der Waals surface area contributed by atoms with E-state index in [9.17, 15) is 0 Å². The first kappa shape index (κ1) is 15.6. The average molecular weight is 240 g/mol. The van der Waals surface area contributed by atoms with Crippen molar-refractivity contribution in [2.75, 3.05) is 5.75 Å². The van der Waals surface area contributed by atoms with Crippen molar-refractivity contribution >= 4 is 37.4 Å². The molecular formula is C9H15Cl2NS. The Labute approximate surface area is 97.3 Å². The highest BCUT2D eigenvalue weighted by Crippen LogP contribution is 2.01. The van der Waals surface area contributed by atoms with E-state index < -0.39 is 0 Å². The Balaban J connectivity index is 0. The fourth-order valence-electron chi connectivity index (χ4n) is 0.981. The molecule has 1 atom stereocenters. The predicted octanol–water partition coefficient (Wildman–Crippen LogP) is 2.33. The normalized spacial score (nSPS) is 10.9. The molecule has 1 aromatic carbocycles. The average Bonchev–Trinajstić information content (AvgIpc) is 2.06. The van der Waals surface area contributed by atoms with Crippen LogP contribution in [0.2, 0.25) is 0 Å². The maximum absolute atomic E-state index is 5.73. The Hall–Kier alpha value is 0.110. The van der Waals surface area contributed by atoms with Crippen molar-refractivity contribution in [3.05, 3.63) is 35.9 Å². The van der Waals surface area contributed by atoms with Gasteiger partial charge in [-0.1, -0.05) is 30.3 Å². The van der Waals surface area contributed by atoms with Gasteiger partial charge in [-0.25, -0.2) is 0 Å². The van der Waals surface area contributed by atoms with E-state index >= 15 is 0 Å². The van der Waals surface area contributed by atoms with Crippen LogP contribution in [-0.2, 0) is 6.42 Å². The Morgan fingerprint density at radius 2 is 1.69 bits per heavy atom. The third kappa shape index (κ3) is 6.22. The highest BCUT2D eigenvalue weighted by atomic mass is 35.5. The summed E-state index contributed by atoms with van der Waals surface area (Å²) in [5, 5.41) is 0. The van der Waals surface area contributed by atoms with Crippen LogP contribution in [0.5, 0.6) is 0 Å². The number of thiol groups is 1. The lowest BCUT2D eigenvalue weighted by molar-refractivity contribution is 0.751. The molecule has 0 radical (unpaired) electrons. The summed E-state index contributed by atoms with van der Waals surface area (Å²) in [7, 11) is 0. The zero-order valence-electron chi connectivity index (χ0n) is 7.22. The number of benzene rings is 1. The minimum Gasteiger partial charge on any atom is -0.327 e. The standard InChI is InChI=1S/C9H13NS.2ClH/c10-9(7-11)6-8-4-2-1-3-5-8;;/h1-5,9,11H,6-7,10H2;2*1H. The van der Waals surface area contributed by atoms with Gasteiger partial charge in [0.1, 0.15) is 0 Å². The van der Waals surface area contributed by atoms with Gasteiger partial charge in [0.25, 0.3) is 0 Å². The van der Waals surface area contributed by atoms with E-state index in [1.54, 1.807) is 0 Å². The maximum Gasteiger partial charge on any atom is 0.0168 e. The Kier molecular flexibility index (Phi) is 10.4. The van der Waals surface area contributed by atoms with Gasteiger partial charge in [0.2, 0.25) is 0 Å². The molecule has 0 aliphatic carbocycles. The molecule has 0 heterocycles. The second kappa shape index (κ2) is 8.70. The molecule has 0 saturated carbocycles. The molecule has 2 N–H and O–H groups in total. The monoisotopic (exact) mass is 239 g/mol. The summed E-state index contributed by atoms with van der Waals surface area (Å²) >= 11 is 4.12. The third-order valence-corrected chi connectivity index (χ3v) is 2.04. The zero-order valence-corrected chi connectivity index (χ0v) is 9.75. The Morgan fingerprint density at radius 1 is 1.15 bits per heavy atom. The van der Waals surface area contributed by atoms with Gasteiger partial charge in [0.15, 0.2) is 0 Å². The van der Waals surface area contributed by atoms with Gasteiger partial charge < -0.3 is 5.73 Å². The number of rotatable bonds is 3. The van der Waals surface area contributed by atoms with Crippen LogP contribution in [0.4, 0.5) is 0 Å². The highest BCUT2D eigenvalue weighted by Gasteiger charge is 1.99. The second-order valence-electron chi connectivity index (χ2n) is 2.63. The maximum atomic E-state index is 5.73. The first-order valence-corrected chi connectivity index (χ1v) is 4.36. The molecule has 0 aromatic heterocycles. The van der Waals surface area contributed by atoms with Gasteiger partial charge in [-0.15, -0.1) is 24.8 Å². The zero-order chi connectivity index (χ0) is 8.10. The van der Waals surface area contributed by atoms with Gasteiger partial charge >= 0.3 is 0 Å². The minimum absolute atomic E-state index is 0. The van der Waals surface area contributed by atoms with Crippen LogP contribution < -0.4 is 5.73 Å². The third-order valence-electron chi connectivity index (χ3n) is 1.58. The van der Waals surface area contributed by atoms with Gasteiger partial charge in [-0.3, -0.25) is 0 Å². The van der Waals surface area contributed by atoms with Crippen molar-refractivity contribution in [1.82, 2.24) is 0 Å². The fourth-order valence-corrected chi connectivity index (χ4v) is 1.11. The molecule has 0 spiro atoms. The molecule has 0 aliphatic heterocycles. The SMILES string of the molecule is Cl.Cl.NC(CS)Cc1ccccc1. The summed E-state index contributed by atoms with van der Waals surface area (Å²) in [5.41, 5.74) is 7.01. The predicted molar refractivity (Wildman–Crippen MR) is 66.5 cm³/mol. The molecular weight excluding hydrogens is 225 g/mol. The summed E-state index contributed by atoms with van der Waals surface area (Å²) in [4.78, 5) is 0. The van der Waals surface area contributed by atoms with Gasteiger partial charge in [0.05, 0.1) is 0 Å². The smallest absolute Gasteiger partial charge is 0.0168 e. The van der Waals surface area contributed by atoms with E-state index in [1.807, 2.05) is 18.2 Å². The molecule has 1 unspecified atom stereocenters. The van der Waals surface area contributed by atoms with E-state index in [0.717, 1.165) is 12.2 Å². The quantitative estimate of drug-likeness (QED) is 0.779. The first-order valence-electron chi connectivity index (χ1n) is 3.73. The number of halogens is 2. The van der Waals surface area contributed by atoms with Gasteiger partial charge in [-0.05, 0) is 12.0 Å². The summed E-state index contributed by atoms with van der Waals surface area (Å²) in [6, 6.07) is 10.4. The highest BCUT2D eigenvalue weighted by molar-refractivity contribution is 7.80. The molecule has 1 rings (SSSR count). The van der Waals surface area contributed by atoms with Crippen molar-refractivity contribution < 1.29 is 0 Å². The molecule has 1 aromatic rings. The van der Waals surface area contributed by atoms with Crippen LogP contribution in [0, 0.1) is 0 Å². The fraction of sp³-hybridized carbons (Fsp3) is 0.333. The Morgan fingerprint density at radius 3 is 2.15 bits per heavy atom. The molecule has 0 aliphatic rings. The van der Waals surface area contributed by atoms with E-state index in [0.29, 0.717) is 0 Å². The molecule has 0 fully saturated rings. The van der Waals surface area contributed by atoms with E-state index in [1.165, 1.54) is 5.56 Å². The molecule has 76 valence electrons. The van der Waals surface area contributed by atoms with Crippen molar-refractivity contribution in [1.29, 1.82) is 0 Å². The molecule has 0 saturated heterocycles. The van der Waals surface area contributed by atoms with E-state index in [2.05, 4.69) is 24.8 Å². The van der Waals surface area contributed by atoms with Crippen LogP contribution in [0.15, 0.2) is 30.3 Å². The summed E-state index contributed by atoms with van der Waals surface area (Å²) in [5.74, 6) is 0.745. The lowest BCUT2D eigenvalue weighted by Crippen LogP contribution is -2.24. The van der Waals surface area contributed by atoms with Crippen LogP contribution in [0.3, 0.4) is 0 Å². The van der Waals surface area contributed by atoms with Crippen LogP contribution >= 0.6 is 37.4 Å². The minimum atomic E-state index is 0. The van der Waals surface area contributed by atoms with Gasteiger partial charge in [-0.2, -0.15) is 12.6 Å². The summed E-state index contributed by atoms with van der Waals surface area (Å²) in [6.07, 6.45) is 0.921. The van der Waals surface area contributed by atoms with Crippen LogP contribution in [0.25, 0.3) is 0 Å². The largest absolute Gasteiger partial charge is 0.327 e. The summed E-state index contributed by atoms with van der Waals surface area (Å²) < 4.78 is 0. The summed E-state index contributed by atoms with van der Waals surface area (Å²) in [6.45, 7) is 0. The van der Waals surface area contributed by atoms with Crippen LogP contribution in [0.1, 0.15) is 5.56 Å². The Bertz CT molecular complexity index is 206. The lowest BCUT2D eigenvalue weighted by Gasteiger charge is -2.06. The first-order chi connectivity index (χ1) is 5.33. The van der Waals surface area contributed by atoms with Crippen molar-refractivity contribution in [2.24, 2.45) is 5.73 Å². The molecule has 13 heavy (non-hydrogen) atoms. The van der Waals surface area contributed by atoms with Crippen molar-refractivity contribution in [2.45, 2.75) is 12.5 Å². The van der Waals surface area contributed by atoms with Crippen LogP contribution in [-0.4, -0.2) is 11.8 Å². The molecule has 4 heteroatoms. The second-order valence-corrected chi connectivity index (χ2v) is 3.00. The van der Waals surface area contributed by atoms with E-state index in [-0.39, 0.29) is 30.9 Å².